The fourth-order valence-corrected chi connectivity index (χ4v) is 3.43. The van der Waals surface area contributed by atoms with E-state index >= 15 is 0 Å². The predicted molar refractivity (Wildman–Crippen MR) is 100 cm³/mol. The highest BCUT2D eigenvalue weighted by molar-refractivity contribution is 5.87. The smallest absolute Gasteiger partial charge is 0.137 e. The fraction of sp³-hybridized carbons (Fsp3) is 0.278. The Morgan fingerprint density at radius 3 is 2.71 bits per heavy atom. The van der Waals surface area contributed by atoms with Gasteiger partial charge in [0.1, 0.15) is 11.6 Å². The van der Waals surface area contributed by atoms with Gasteiger partial charge in [-0.05, 0) is 62.3 Å². The molecule has 4 rings (SSSR count). The minimum absolute atomic E-state index is 0. The number of aromatic nitrogens is 2. The number of hydrogen-bond acceptors (Lipinski definition) is 2. The molecule has 3 nitrogen and oxygen atoms in total. The Hall–Kier alpha value is -1.62. The van der Waals surface area contributed by atoms with Crippen molar-refractivity contribution in [3.8, 4) is 5.82 Å². The molecule has 0 spiro atoms. The van der Waals surface area contributed by atoms with Crippen LogP contribution in [-0.4, -0.2) is 28.0 Å². The predicted octanol–water partition coefficient (Wildman–Crippen LogP) is 4.39. The van der Waals surface area contributed by atoms with Crippen LogP contribution in [0, 0.1) is 5.82 Å². The largest absolute Gasteiger partial charge is 0.302 e. The maximum absolute atomic E-state index is 13.8. The van der Waals surface area contributed by atoms with Gasteiger partial charge in [-0.25, -0.2) is 9.37 Å². The summed E-state index contributed by atoms with van der Waals surface area (Å²) in [4.78, 5) is 6.81. The van der Waals surface area contributed by atoms with Crippen LogP contribution in [0.2, 0.25) is 0 Å². The second-order valence-corrected chi connectivity index (χ2v) is 5.95. The van der Waals surface area contributed by atoms with E-state index in [0.717, 1.165) is 42.7 Å². The molecule has 0 atom stereocenters. The van der Waals surface area contributed by atoms with Gasteiger partial charge in [0.15, 0.2) is 0 Å². The number of benzene rings is 1. The normalized spacial score (nSPS) is 14.4. The third-order valence-corrected chi connectivity index (χ3v) is 4.40. The van der Waals surface area contributed by atoms with Crippen molar-refractivity contribution in [1.29, 1.82) is 0 Å². The first-order chi connectivity index (χ1) is 10.7. The Morgan fingerprint density at radius 1 is 1.12 bits per heavy atom. The van der Waals surface area contributed by atoms with Crippen LogP contribution in [0.3, 0.4) is 0 Å². The average Bonchev–Trinajstić information content (AvgIpc) is 2.68. The van der Waals surface area contributed by atoms with Crippen molar-refractivity contribution in [3.63, 3.8) is 0 Å². The van der Waals surface area contributed by atoms with Gasteiger partial charge in [-0.2, -0.15) is 0 Å². The molecule has 0 saturated carbocycles. The van der Waals surface area contributed by atoms with Gasteiger partial charge in [-0.3, -0.25) is 4.57 Å². The van der Waals surface area contributed by atoms with Gasteiger partial charge in [-0.15, -0.1) is 24.8 Å². The standard InChI is InChI=1S/C18H18FN3.2ClH/c1-21-10-4-5-16-15(12-21)14-11-13(19)7-8-17(14)22(16)18-6-2-3-9-20-18;;/h2-3,6-9,11H,4-5,10,12H2,1H3;2*1H. The Balaban J connectivity index is 0.00000104. The van der Waals surface area contributed by atoms with E-state index in [0.29, 0.717) is 0 Å². The van der Waals surface area contributed by atoms with Gasteiger partial charge in [-0.1, -0.05) is 6.07 Å². The molecule has 24 heavy (non-hydrogen) atoms. The summed E-state index contributed by atoms with van der Waals surface area (Å²) in [6.45, 7) is 1.92. The number of hydrogen-bond donors (Lipinski definition) is 0. The second kappa shape index (κ2) is 7.51. The SMILES string of the molecule is CN1CCCc2c(c3cc(F)ccc3n2-c2ccccn2)C1.Cl.Cl. The molecule has 6 heteroatoms. The lowest BCUT2D eigenvalue weighted by atomic mass is 10.1. The second-order valence-electron chi connectivity index (χ2n) is 5.95. The molecule has 0 radical (unpaired) electrons. The molecule has 0 saturated heterocycles. The number of halogens is 3. The van der Waals surface area contributed by atoms with Crippen LogP contribution in [0.4, 0.5) is 4.39 Å². The zero-order chi connectivity index (χ0) is 15.1. The zero-order valence-corrected chi connectivity index (χ0v) is 15.0. The molecule has 0 fully saturated rings. The van der Waals surface area contributed by atoms with Crippen molar-refractivity contribution < 1.29 is 4.39 Å². The van der Waals surface area contributed by atoms with Crippen LogP contribution in [0.5, 0.6) is 0 Å². The highest BCUT2D eigenvalue weighted by atomic mass is 35.5. The molecule has 3 heterocycles. The highest BCUT2D eigenvalue weighted by Crippen LogP contribution is 2.32. The Kier molecular flexibility index (Phi) is 5.86. The van der Waals surface area contributed by atoms with Crippen LogP contribution in [0.25, 0.3) is 16.7 Å². The lowest BCUT2D eigenvalue weighted by Crippen LogP contribution is -2.17. The number of rotatable bonds is 1. The van der Waals surface area contributed by atoms with E-state index in [9.17, 15) is 4.39 Å². The van der Waals surface area contributed by atoms with Crippen molar-refractivity contribution in [3.05, 3.63) is 59.7 Å². The Morgan fingerprint density at radius 2 is 1.96 bits per heavy atom. The summed E-state index contributed by atoms with van der Waals surface area (Å²) >= 11 is 0. The highest BCUT2D eigenvalue weighted by Gasteiger charge is 2.22. The lowest BCUT2D eigenvalue weighted by molar-refractivity contribution is 0.333. The summed E-state index contributed by atoms with van der Waals surface area (Å²) in [6.07, 6.45) is 3.90. The van der Waals surface area contributed by atoms with Crippen molar-refractivity contribution >= 4 is 35.7 Å². The van der Waals surface area contributed by atoms with Gasteiger partial charge in [0.05, 0.1) is 5.52 Å². The minimum Gasteiger partial charge on any atom is -0.302 e. The lowest BCUT2D eigenvalue weighted by Gasteiger charge is -2.12. The first kappa shape index (κ1) is 18.7. The Bertz CT molecular complexity index is 833. The van der Waals surface area contributed by atoms with Crippen molar-refractivity contribution in [2.24, 2.45) is 0 Å². The third-order valence-electron chi connectivity index (χ3n) is 4.40. The fourth-order valence-electron chi connectivity index (χ4n) is 3.43. The molecule has 0 bridgehead atoms. The molecule has 0 aliphatic carbocycles. The zero-order valence-electron chi connectivity index (χ0n) is 13.4. The molecule has 1 aliphatic rings. The quantitative estimate of drug-likeness (QED) is 0.635. The molecule has 1 aliphatic heterocycles. The molecular formula is C18H20Cl2FN3. The van der Waals surface area contributed by atoms with Crippen molar-refractivity contribution in [1.82, 2.24) is 14.5 Å². The van der Waals surface area contributed by atoms with E-state index in [4.69, 9.17) is 0 Å². The van der Waals surface area contributed by atoms with E-state index in [1.54, 1.807) is 12.3 Å². The average molecular weight is 368 g/mol. The van der Waals surface area contributed by atoms with Crippen LogP contribution < -0.4 is 0 Å². The van der Waals surface area contributed by atoms with Gasteiger partial charge < -0.3 is 4.90 Å². The van der Waals surface area contributed by atoms with Crippen LogP contribution in [0.1, 0.15) is 17.7 Å². The molecular weight excluding hydrogens is 348 g/mol. The summed E-state index contributed by atoms with van der Waals surface area (Å²) in [5.74, 6) is 0.727. The van der Waals surface area contributed by atoms with Crippen LogP contribution in [-0.2, 0) is 13.0 Å². The van der Waals surface area contributed by atoms with E-state index in [2.05, 4.69) is 21.5 Å². The van der Waals surface area contributed by atoms with Crippen molar-refractivity contribution in [2.45, 2.75) is 19.4 Å². The van der Waals surface area contributed by atoms with E-state index < -0.39 is 0 Å². The molecule has 1 aromatic carbocycles. The third kappa shape index (κ3) is 3.14. The van der Waals surface area contributed by atoms with E-state index in [1.165, 1.54) is 17.3 Å². The summed E-state index contributed by atoms with van der Waals surface area (Å²) < 4.78 is 16.0. The van der Waals surface area contributed by atoms with Gasteiger partial charge >= 0.3 is 0 Å². The summed E-state index contributed by atoms with van der Waals surface area (Å²) in [7, 11) is 2.12. The summed E-state index contributed by atoms with van der Waals surface area (Å²) in [6, 6.07) is 11.0. The molecule has 3 aromatic rings. The van der Waals surface area contributed by atoms with Gasteiger partial charge in [0.2, 0.25) is 0 Å². The first-order valence-corrected chi connectivity index (χ1v) is 7.66. The molecule has 0 amide bonds. The minimum atomic E-state index is -0.180. The number of pyridine rings is 1. The summed E-state index contributed by atoms with van der Waals surface area (Å²) in [5, 5.41) is 1.01. The maximum atomic E-state index is 13.8. The maximum Gasteiger partial charge on any atom is 0.137 e. The van der Waals surface area contributed by atoms with Crippen molar-refractivity contribution in [2.75, 3.05) is 13.6 Å². The number of fused-ring (bicyclic) bond motifs is 3. The van der Waals surface area contributed by atoms with Gasteiger partial charge in [0.25, 0.3) is 0 Å². The number of nitrogens with zero attached hydrogens (tertiary/aromatic N) is 3. The molecule has 128 valence electrons. The van der Waals surface area contributed by atoms with Crippen LogP contribution in [0.15, 0.2) is 42.6 Å². The van der Waals surface area contributed by atoms with Gasteiger partial charge in [0, 0.05) is 23.8 Å². The van der Waals surface area contributed by atoms with Crippen LogP contribution >= 0.6 is 24.8 Å². The molecule has 0 N–H and O–H groups in total. The molecule has 2 aromatic heterocycles. The van der Waals surface area contributed by atoms with E-state index in [-0.39, 0.29) is 30.6 Å². The topological polar surface area (TPSA) is 21.1 Å². The van der Waals surface area contributed by atoms with E-state index in [1.807, 2.05) is 24.3 Å². The molecule has 0 unspecified atom stereocenters. The summed E-state index contributed by atoms with van der Waals surface area (Å²) in [5.41, 5.74) is 3.55. The first-order valence-electron chi connectivity index (χ1n) is 7.66. The monoisotopic (exact) mass is 367 g/mol. The Labute approximate surface area is 153 Å².